The number of amides is 1. The molecule has 0 spiro atoms. The molecule has 1 saturated heterocycles. The molecule has 1 fully saturated rings. The van der Waals surface area contributed by atoms with Crippen LogP contribution in [0.3, 0.4) is 0 Å². The van der Waals surface area contributed by atoms with Crippen molar-refractivity contribution in [3.8, 4) is 0 Å². The molecule has 0 saturated carbocycles. The number of aromatic nitrogens is 1. The summed E-state index contributed by atoms with van der Waals surface area (Å²) >= 11 is 1.53. The van der Waals surface area contributed by atoms with Gasteiger partial charge in [0.25, 0.3) is 5.91 Å². The molecule has 1 aliphatic heterocycles. The fraction of sp³-hybridized carbons (Fsp3) is 0.276. The van der Waals surface area contributed by atoms with E-state index in [1.54, 1.807) is 6.20 Å². The molecule has 0 unspecified atom stereocenters. The van der Waals surface area contributed by atoms with E-state index in [9.17, 15) is 4.79 Å². The van der Waals surface area contributed by atoms with Gasteiger partial charge in [0.15, 0.2) is 5.13 Å². The number of allylic oxidation sites excluding steroid dienone is 3. The Morgan fingerprint density at radius 1 is 1.16 bits per heavy atom. The number of hydrogen-bond acceptors (Lipinski definition) is 7. The summed E-state index contributed by atoms with van der Waals surface area (Å²) in [5.41, 5.74) is 6.51. The third-order valence-electron chi connectivity index (χ3n) is 6.40. The molecule has 0 bridgehead atoms. The molecule has 2 aromatic carbocycles. The minimum atomic E-state index is -0.125. The normalized spacial score (nSPS) is 15.2. The van der Waals surface area contributed by atoms with Gasteiger partial charge in [0.05, 0.1) is 5.69 Å². The van der Waals surface area contributed by atoms with E-state index < -0.39 is 0 Å². The number of nitrogens with zero attached hydrogens (tertiary/aromatic N) is 4. The number of aliphatic imine (C=N–C) groups is 1. The van der Waals surface area contributed by atoms with Crippen LogP contribution >= 0.6 is 11.3 Å². The van der Waals surface area contributed by atoms with Crippen molar-refractivity contribution < 1.29 is 4.79 Å². The van der Waals surface area contributed by atoms with E-state index in [2.05, 4.69) is 56.3 Å². The molecular weight excluding hydrogens is 480 g/mol. The number of piperazine rings is 1. The van der Waals surface area contributed by atoms with E-state index in [0.29, 0.717) is 5.56 Å². The molecule has 0 radical (unpaired) electrons. The summed E-state index contributed by atoms with van der Waals surface area (Å²) in [6.45, 7) is 12.7. The predicted octanol–water partition coefficient (Wildman–Crippen LogP) is 5.81. The maximum absolute atomic E-state index is 12.9. The Labute approximate surface area is 223 Å². The molecule has 8 heteroatoms. The molecule has 0 atom stereocenters. The molecular formula is C29H34N6OS. The van der Waals surface area contributed by atoms with E-state index >= 15 is 0 Å². The van der Waals surface area contributed by atoms with Gasteiger partial charge >= 0.3 is 0 Å². The smallest absolute Gasteiger partial charge is 0.255 e. The number of benzene rings is 2. The predicted molar refractivity (Wildman–Crippen MR) is 156 cm³/mol. The minimum absolute atomic E-state index is 0.125. The molecule has 0 aliphatic carbocycles. The number of carbonyl (C=O) groups is 1. The maximum Gasteiger partial charge on any atom is 0.255 e. The summed E-state index contributed by atoms with van der Waals surface area (Å²) in [6, 6.07) is 13.8. The maximum atomic E-state index is 12.9. The van der Waals surface area contributed by atoms with E-state index in [-0.39, 0.29) is 5.91 Å². The van der Waals surface area contributed by atoms with Gasteiger partial charge in [-0.1, -0.05) is 24.3 Å². The Balaban J connectivity index is 1.37. The van der Waals surface area contributed by atoms with Gasteiger partial charge in [-0.2, -0.15) is 0 Å². The Hall–Kier alpha value is -3.59. The second-order valence-electron chi connectivity index (χ2n) is 9.30. The van der Waals surface area contributed by atoms with Crippen LogP contribution in [-0.2, 0) is 6.54 Å². The van der Waals surface area contributed by atoms with Gasteiger partial charge in [0.2, 0.25) is 0 Å². The van der Waals surface area contributed by atoms with Gasteiger partial charge in [-0.3, -0.25) is 14.7 Å². The quantitative estimate of drug-likeness (QED) is 0.278. The molecule has 1 amide bonds. The monoisotopic (exact) mass is 514 g/mol. The molecule has 4 rings (SSSR count). The van der Waals surface area contributed by atoms with Gasteiger partial charge in [-0.05, 0) is 74.7 Å². The summed E-state index contributed by atoms with van der Waals surface area (Å²) in [5, 5.41) is 9.22. The Bertz CT molecular complexity index is 1290. The summed E-state index contributed by atoms with van der Waals surface area (Å²) in [6.07, 6.45) is 5.43. The van der Waals surface area contributed by atoms with Gasteiger partial charge in [0.1, 0.15) is 0 Å². The largest absolute Gasteiger partial charge is 0.331 e. The first-order chi connectivity index (χ1) is 17.9. The zero-order valence-corrected chi connectivity index (χ0v) is 22.5. The molecule has 2 N–H and O–H groups in total. The first-order valence-electron chi connectivity index (χ1n) is 12.4. The van der Waals surface area contributed by atoms with E-state index in [1.807, 2.05) is 61.7 Å². The van der Waals surface area contributed by atoms with Crippen LogP contribution in [0.5, 0.6) is 0 Å². The molecule has 192 valence electrons. The van der Waals surface area contributed by atoms with Crippen molar-refractivity contribution in [2.45, 2.75) is 20.4 Å². The average molecular weight is 515 g/mol. The first kappa shape index (κ1) is 26.5. The second kappa shape index (κ2) is 12.6. The van der Waals surface area contributed by atoms with Crippen molar-refractivity contribution >= 4 is 46.0 Å². The highest BCUT2D eigenvalue weighted by atomic mass is 32.1. The standard InChI is InChI=1S/C29H34N6OS/c1-21(6-5-13-30-3)27-20-37-29(33-27)32-26-18-25(12-7-22(26)2)31-28(36)24-10-8-23(9-11-24)19-35-16-14-34(4)15-17-35/h5-13,18,20H,3,14-17,19H2,1-2,4H3,(H,31,36)(H,32,33)/b13-5-,21-6+. The molecule has 3 aromatic rings. The number of aryl methyl sites for hydroxylation is 1. The number of carbonyl (C=O) groups excluding carboxylic acids is 1. The van der Waals surface area contributed by atoms with Crippen LogP contribution in [0.25, 0.3) is 5.57 Å². The summed E-state index contributed by atoms with van der Waals surface area (Å²) in [5.74, 6) is -0.125. The molecule has 7 nitrogen and oxygen atoms in total. The number of nitrogens with one attached hydrogen (secondary N) is 2. The van der Waals surface area contributed by atoms with Gasteiger partial charge in [-0.15, -0.1) is 11.3 Å². The van der Waals surface area contributed by atoms with E-state index in [4.69, 9.17) is 0 Å². The number of hydrogen-bond donors (Lipinski definition) is 2. The van der Waals surface area contributed by atoms with Crippen LogP contribution in [0.2, 0.25) is 0 Å². The summed E-state index contributed by atoms with van der Waals surface area (Å²) in [7, 11) is 2.16. The van der Waals surface area contributed by atoms with Crippen molar-refractivity contribution in [1.29, 1.82) is 0 Å². The SMILES string of the molecule is C=N/C=C\C=C(/C)c1csc(Nc2cc(NC(=O)c3ccc(CN4CCN(C)CC4)cc3)ccc2C)n1. The lowest BCUT2D eigenvalue weighted by Crippen LogP contribution is -2.43. The topological polar surface area (TPSA) is 72.9 Å². The van der Waals surface area contributed by atoms with Crippen LogP contribution in [0.4, 0.5) is 16.5 Å². The third kappa shape index (κ3) is 7.45. The Kier molecular flexibility index (Phi) is 9.00. The molecule has 1 aromatic heterocycles. The van der Waals surface area contributed by atoms with Crippen LogP contribution in [-0.4, -0.2) is 60.6 Å². The zero-order chi connectivity index (χ0) is 26.2. The van der Waals surface area contributed by atoms with Crippen LogP contribution < -0.4 is 10.6 Å². The highest BCUT2D eigenvalue weighted by molar-refractivity contribution is 7.13. The summed E-state index contributed by atoms with van der Waals surface area (Å²) in [4.78, 5) is 26.1. The van der Waals surface area contributed by atoms with Crippen LogP contribution in [0.1, 0.15) is 34.1 Å². The van der Waals surface area contributed by atoms with Gasteiger partial charge < -0.3 is 15.5 Å². The van der Waals surface area contributed by atoms with Gasteiger partial charge in [-0.25, -0.2) is 4.98 Å². The van der Waals surface area contributed by atoms with Crippen LogP contribution in [0, 0.1) is 6.92 Å². The number of thiazole rings is 1. The van der Waals surface area contributed by atoms with Crippen molar-refractivity contribution in [2.24, 2.45) is 4.99 Å². The Morgan fingerprint density at radius 3 is 2.65 bits per heavy atom. The molecule has 37 heavy (non-hydrogen) atoms. The minimum Gasteiger partial charge on any atom is -0.331 e. The summed E-state index contributed by atoms with van der Waals surface area (Å²) < 4.78 is 0. The lowest BCUT2D eigenvalue weighted by atomic mass is 10.1. The molecule has 1 aliphatic rings. The number of anilines is 3. The van der Waals surface area contributed by atoms with Crippen molar-refractivity contribution in [3.63, 3.8) is 0 Å². The average Bonchev–Trinajstić information content (AvgIpc) is 3.36. The fourth-order valence-electron chi connectivity index (χ4n) is 4.02. The van der Waals surface area contributed by atoms with E-state index in [0.717, 1.165) is 66.1 Å². The lowest BCUT2D eigenvalue weighted by molar-refractivity contribution is 0.102. The van der Waals surface area contributed by atoms with E-state index in [1.165, 1.54) is 16.9 Å². The van der Waals surface area contributed by atoms with Crippen molar-refractivity contribution in [1.82, 2.24) is 14.8 Å². The second-order valence-corrected chi connectivity index (χ2v) is 10.2. The van der Waals surface area contributed by atoms with Crippen LogP contribution in [0.15, 0.2) is 71.2 Å². The fourth-order valence-corrected chi connectivity index (χ4v) is 4.81. The number of likely N-dealkylation sites (N-methyl/N-ethyl adjacent to an activating group) is 1. The highest BCUT2D eigenvalue weighted by Gasteiger charge is 2.14. The highest BCUT2D eigenvalue weighted by Crippen LogP contribution is 2.28. The third-order valence-corrected chi connectivity index (χ3v) is 7.16. The number of rotatable bonds is 9. The molecule has 2 heterocycles. The Morgan fingerprint density at radius 2 is 1.92 bits per heavy atom. The lowest BCUT2D eigenvalue weighted by Gasteiger charge is -2.32. The van der Waals surface area contributed by atoms with Crippen molar-refractivity contribution in [3.05, 3.63) is 88.6 Å². The van der Waals surface area contributed by atoms with Gasteiger partial charge in [0, 0.05) is 61.2 Å². The zero-order valence-electron chi connectivity index (χ0n) is 21.7. The first-order valence-corrected chi connectivity index (χ1v) is 13.2. The van der Waals surface area contributed by atoms with Crippen molar-refractivity contribution in [2.75, 3.05) is 43.9 Å².